The fourth-order valence-electron chi connectivity index (χ4n) is 2.57. The van der Waals surface area contributed by atoms with E-state index < -0.39 is 0 Å². The average molecular weight is 356 g/mol. The van der Waals surface area contributed by atoms with Crippen LogP contribution in [-0.4, -0.2) is 39.1 Å². The summed E-state index contributed by atoms with van der Waals surface area (Å²) in [6.07, 6.45) is 0. The molecule has 0 fully saturated rings. The van der Waals surface area contributed by atoms with Gasteiger partial charge in [-0.25, -0.2) is 0 Å². The largest absolute Gasteiger partial charge is 0.497 e. The normalized spacial score (nSPS) is 11.5. The van der Waals surface area contributed by atoms with Crippen molar-refractivity contribution in [2.75, 3.05) is 37.9 Å². The predicted octanol–water partition coefficient (Wildman–Crippen LogP) is 1.40. The van der Waals surface area contributed by atoms with Gasteiger partial charge in [0.1, 0.15) is 5.75 Å². The molecule has 0 heterocycles. The van der Waals surface area contributed by atoms with Gasteiger partial charge in [0.15, 0.2) is 13.1 Å². The van der Waals surface area contributed by atoms with Gasteiger partial charge in [-0.1, -0.05) is 12.1 Å². The Morgan fingerprint density at radius 3 is 2.19 bits per heavy atom. The summed E-state index contributed by atoms with van der Waals surface area (Å²) < 4.78 is 5.09. The molecule has 0 bridgehead atoms. The van der Waals surface area contributed by atoms with Gasteiger partial charge in [-0.3, -0.25) is 9.59 Å². The Hall–Kier alpha value is -2.86. The van der Waals surface area contributed by atoms with Crippen molar-refractivity contribution in [2.24, 2.45) is 0 Å². The third-order valence-electron chi connectivity index (χ3n) is 4.18. The number of carbonyl (C=O) groups is 2. The van der Waals surface area contributed by atoms with E-state index in [2.05, 4.69) is 10.6 Å². The molecule has 0 aliphatic heterocycles. The second kappa shape index (κ2) is 9.01. The Morgan fingerprint density at radius 2 is 1.58 bits per heavy atom. The number of amides is 2. The smallest absolute Gasteiger partial charge is 0.279 e. The zero-order valence-electron chi connectivity index (χ0n) is 15.7. The van der Waals surface area contributed by atoms with E-state index in [1.54, 1.807) is 31.4 Å². The van der Waals surface area contributed by atoms with Crippen LogP contribution in [0.3, 0.4) is 0 Å². The second-order valence-corrected chi connectivity index (χ2v) is 6.38. The van der Waals surface area contributed by atoms with E-state index in [4.69, 9.17) is 4.74 Å². The molecule has 138 valence electrons. The lowest BCUT2D eigenvalue weighted by atomic mass is 10.1. The lowest BCUT2D eigenvalue weighted by molar-refractivity contribution is -0.862. The first kappa shape index (κ1) is 19.5. The van der Waals surface area contributed by atoms with Crippen LogP contribution in [0.4, 0.5) is 11.4 Å². The first-order valence-electron chi connectivity index (χ1n) is 8.50. The van der Waals surface area contributed by atoms with Crippen LogP contribution in [-0.2, 0) is 9.59 Å². The monoisotopic (exact) mass is 356 g/mol. The van der Waals surface area contributed by atoms with Gasteiger partial charge < -0.3 is 20.3 Å². The molecule has 0 aliphatic carbocycles. The molecule has 1 atom stereocenters. The molecule has 2 aromatic rings. The molecule has 1 unspecified atom stereocenters. The number of methoxy groups -OCH3 is 1. The van der Waals surface area contributed by atoms with Crippen LogP contribution in [0.1, 0.15) is 11.1 Å². The maximum absolute atomic E-state index is 12.2. The van der Waals surface area contributed by atoms with Crippen molar-refractivity contribution in [3.05, 3.63) is 53.6 Å². The Morgan fingerprint density at radius 1 is 0.962 bits per heavy atom. The van der Waals surface area contributed by atoms with Gasteiger partial charge in [0.25, 0.3) is 11.8 Å². The summed E-state index contributed by atoms with van der Waals surface area (Å²) in [5.41, 5.74) is 3.69. The van der Waals surface area contributed by atoms with Gasteiger partial charge in [-0.2, -0.15) is 0 Å². The van der Waals surface area contributed by atoms with Crippen LogP contribution in [0.15, 0.2) is 42.5 Å². The number of carbonyl (C=O) groups excluding carboxylic acids is 2. The van der Waals surface area contributed by atoms with Crippen molar-refractivity contribution >= 4 is 23.2 Å². The number of benzene rings is 2. The first-order chi connectivity index (χ1) is 12.4. The minimum Gasteiger partial charge on any atom is -0.497 e. The maximum atomic E-state index is 12.2. The van der Waals surface area contributed by atoms with Crippen LogP contribution in [0.2, 0.25) is 0 Å². The average Bonchev–Trinajstić information content (AvgIpc) is 2.59. The van der Waals surface area contributed by atoms with Crippen LogP contribution < -0.4 is 20.3 Å². The zero-order chi connectivity index (χ0) is 19.1. The highest BCUT2D eigenvalue weighted by Crippen LogP contribution is 2.17. The third-order valence-corrected chi connectivity index (χ3v) is 4.18. The molecule has 0 aromatic heterocycles. The number of hydrogen-bond donors (Lipinski definition) is 3. The van der Waals surface area contributed by atoms with Gasteiger partial charge in [-0.05, 0) is 55.3 Å². The Bertz CT molecular complexity index is 772. The van der Waals surface area contributed by atoms with Gasteiger partial charge >= 0.3 is 0 Å². The molecular weight excluding hydrogens is 330 g/mol. The number of quaternary nitrogens is 1. The van der Waals surface area contributed by atoms with E-state index >= 15 is 0 Å². The number of likely N-dealkylation sites (N-methyl/N-ethyl adjacent to an activating group) is 1. The molecule has 0 radical (unpaired) electrons. The van der Waals surface area contributed by atoms with Crippen LogP contribution in [0.5, 0.6) is 5.75 Å². The van der Waals surface area contributed by atoms with Gasteiger partial charge in [-0.15, -0.1) is 0 Å². The number of hydrogen-bond acceptors (Lipinski definition) is 3. The van der Waals surface area contributed by atoms with Crippen molar-refractivity contribution in [3.8, 4) is 5.75 Å². The molecule has 0 saturated heterocycles. The van der Waals surface area contributed by atoms with E-state index in [0.29, 0.717) is 5.69 Å². The number of anilines is 2. The molecule has 6 nitrogen and oxygen atoms in total. The van der Waals surface area contributed by atoms with E-state index in [1.807, 2.05) is 39.1 Å². The summed E-state index contributed by atoms with van der Waals surface area (Å²) in [7, 11) is 3.41. The molecule has 2 aromatic carbocycles. The highest BCUT2D eigenvalue weighted by Gasteiger charge is 2.15. The summed E-state index contributed by atoms with van der Waals surface area (Å²) in [5, 5.41) is 5.73. The number of nitrogens with one attached hydrogen (secondary N) is 3. The third kappa shape index (κ3) is 5.60. The number of rotatable bonds is 7. The Kier molecular flexibility index (Phi) is 6.74. The minimum atomic E-state index is -0.146. The summed E-state index contributed by atoms with van der Waals surface area (Å²) >= 11 is 0. The van der Waals surface area contributed by atoms with Crippen LogP contribution in [0, 0.1) is 13.8 Å². The van der Waals surface area contributed by atoms with Crippen LogP contribution in [0.25, 0.3) is 0 Å². The standard InChI is InChI=1S/C20H25N3O3/c1-14-6-5-7-18(15(14)2)22-20(25)13-23(3)12-19(24)21-16-8-10-17(26-4)11-9-16/h5-11H,12-13H2,1-4H3,(H,21,24)(H,22,25)/p+1. The van der Waals surface area contributed by atoms with E-state index in [1.165, 1.54) is 0 Å². The number of aryl methyl sites for hydroxylation is 1. The highest BCUT2D eigenvalue weighted by molar-refractivity contribution is 5.93. The summed E-state index contributed by atoms with van der Waals surface area (Å²) in [6.45, 7) is 4.39. The molecule has 2 rings (SSSR count). The highest BCUT2D eigenvalue weighted by atomic mass is 16.5. The van der Waals surface area contributed by atoms with Crippen molar-refractivity contribution in [2.45, 2.75) is 13.8 Å². The van der Waals surface area contributed by atoms with E-state index in [0.717, 1.165) is 27.5 Å². The van der Waals surface area contributed by atoms with Crippen molar-refractivity contribution in [1.82, 2.24) is 0 Å². The molecular formula is C20H26N3O3+. The Balaban J connectivity index is 1.82. The summed E-state index contributed by atoms with van der Waals surface area (Å²) in [6, 6.07) is 12.9. The Labute approximate surface area is 154 Å². The van der Waals surface area contributed by atoms with Gasteiger partial charge in [0, 0.05) is 11.4 Å². The SMILES string of the molecule is COc1ccc(NC(=O)C[NH+](C)CC(=O)Nc2cccc(C)c2C)cc1. The van der Waals surface area contributed by atoms with E-state index in [-0.39, 0.29) is 24.9 Å². The lowest BCUT2D eigenvalue weighted by Crippen LogP contribution is -3.11. The molecule has 6 heteroatoms. The van der Waals surface area contributed by atoms with E-state index in [9.17, 15) is 9.59 Å². The fraction of sp³-hybridized carbons (Fsp3) is 0.300. The molecule has 3 N–H and O–H groups in total. The topological polar surface area (TPSA) is 71.9 Å². The lowest BCUT2D eigenvalue weighted by Gasteiger charge is -2.15. The molecule has 26 heavy (non-hydrogen) atoms. The second-order valence-electron chi connectivity index (χ2n) is 6.38. The van der Waals surface area contributed by atoms with Crippen molar-refractivity contribution < 1.29 is 19.2 Å². The quantitative estimate of drug-likeness (QED) is 0.702. The molecule has 2 amide bonds. The summed E-state index contributed by atoms with van der Waals surface area (Å²) in [4.78, 5) is 25.1. The van der Waals surface area contributed by atoms with Crippen molar-refractivity contribution in [3.63, 3.8) is 0 Å². The number of ether oxygens (including phenoxy) is 1. The fourth-order valence-corrected chi connectivity index (χ4v) is 2.57. The minimum absolute atomic E-state index is 0.117. The zero-order valence-corrected chi connectivity index (χ0v) is 15.7. The molecule has 0 saturated carbocycles. The first-order valence-corrected chi connectivity index (χ1v) is 8.50. The molecule has 0 aliphatic rings. The molecule has 0 spiro atoms. The van der Waals surface area contributed by atoms with Gasteiger partial charge in [0.2, 0.25) is 0 Å². The van der Waals surface area contributed by atoms with Gasteiger partial charge in [0.05, 0.1) is 14.2 Å². The van der Waals surface area contributed by atoms with Crippen LogP contribution >= 0.6 is 0 Å². The van der Waals surface area contributed by atoms with Crippen molar-refractivity contribution in [1.29, 1.82) is 0 Å². The predicted molar refractivity (Wildman–Crippen MR) is 103 cm³/mol. The summed E-state index contributed by atoms with van der Waals surface area (Å²) in [5.74, 6) is 0.467. The maximum Gasteiger partial charge on any atom is 0.279 e.